The Hall–Kier alpha value is -2.14. The summed E-state index contributed by atoms with van der Waals surface area (Å²) >= 11 is 7.63. The molecule has 0 bridgehead atoms. The molecule has 3 N–H and O–H groups in total. The van der Waals surface area contributed by atoms with Crippen molar-refractivity contribution in [1.29, 1.82) is 0 Å². The molecule has 3 heterocycles. The first-order valence-electron chi connectivity index (χ1n) is 10.9. The zero-order chi connectivity index (χ0) is 22.8. The number of amides is 1. The maximum absolute atomic E-state index is 12.8. The monoisotopic (exact) mass is 556 g/mol. The third-order valence-corrected chi connectivity index (χ3v) is 6.94. The molecule has 12 heteroatoms. The molecule has 5 rings (SSSR count). The molecule has 0 saturated carbocycles. The van der Waals surface area contributed by atoms with Gasteiger partial charge in [-0.2, -0.15) is 0 Å². The molecule has 1 aliphatic rings. The molecule has 35 heavy (non-hydrogen) atoms. The Morgan fingerprint density at radius 3 is 2.74 bits per heavy atom. The van der Waals surface area contributed by atoms with Crippen LogP contribution >= 0.6 is 47.8 Å². The van der Waals surface area contributed by atoms with E-state index >= 15 is 0 Å². The summed E-state index contributed by atoms with van der Waals surface area (Å²) < 4.78 is 8.35. The number of carbonyl (C=O) groups excluding carboxylic acids is 1. The number of halogens is 3. The van der Waals surface area contributed by atoms with E-state index < -0.39 is 0 Å². The number of fused-ring (bicyclic) bond motifs is 2. The first-order valence-corrected chi connectivity index (χ1v) is 12.1. The topological polar surface area (TPSA) is 93.1 Å². The number of nitrogens with one attached hydrogen (secondary N) is 3. The van der Waals surface area contributed by atoms with Crippen molar-refractivity contribution in [2.75, 3.05) is 32.1 Å². The molecule has 0 spiro atoms. The largest absolute Gasteiger partial charge is 0.383 e. The molecule has 4 aromatic rings. The zero-order valence-electron chi connectivity index (χ0n) is 19.0. The summed E-state index contributed by atoms with van der Waals surface area (Å²) in [5.74, 6) is 0.593. The number of rotatable bonds is 7. The fourth-order valence-electron chi connectivity index (χ4n) is 4.06. The maximum atomic E-state index is 12.8. The molecule has 1 aliphatic heterocycles. The van der Waals surface area contributed by atoms with E-state index in [4.69, 9.17) is 21.3 Å². The lowest BCUT2D eigenvalue weighted by Crippen LogP contribution is -2.42. The molecule has 8 nitrogen and oxygen atoms in total. The Balaban J connectivity index is 0.00000171. The highest BCUT2D eigenvalue weighted by Crippen LogP contribution is 2.31. The van der Waals surface area contributed by atoms with E-state index in [1.165, 1.54) is 11.3 Å². The minimum Gasteiger partial charge on any atom is -0.383 e. The predicted molar refractivity (Wildman–Crippen MR) is 147 cm³/mol. The predicted octanol–water partition coefficient (Wildman–Crippen LogP) is 5.01. The third kappa shape index (κ3) is 6.17. The summed E-state index contributed by atoms with van der Waals surface area (Å²) in [7, 11) is 1.67. The maximum Gasteiger partial charge on any atom is 0.251 e. The van der Waals surface area contributed by atoms with Crippen molar-refractivity contribution in [2.24, 2.45) is 0 Å². The Kier molecular flexibility index (Phi) is 9.57. The summed E-state index contributed by atoms with van der Waals surface area (Å²) in [6.07, 6.45) is 1.89. The van der Waals surface area contributed by atoms with Crippen LogP contribution in [0.15, 0.2) is 36.4 Å². The van der Waals surface area contributed by atoms with Gasteiger partial charge in [0, 0.05) is 30.3 Å². The first-order chi connectivity index (χ1) is 16.1. The lowest BCUT2D eigenvalue weighted by atomic mass is 10.1. The van der Waals surface area contributed by atoms with Gasteiger partial charge in [0.15, 0.2) is 5.13 Å². The van der Waals surface area contributed by atoms with Crippen LogP contribution in [0.5, 0.6) is 0 Å². The summed E-state index contributed by atoms with van der Waals surface area (Å²) in [5.41, 5.74) is 3.16. The summed E-state index contributed by atoms with van der Waals surface area (Å²) in [4.78, 5) is 22.2. The van der Waals surface area contributed by atoms with Gasteiger partial charge in [-0.3, -0.25) is 4.79 Å². The highest BCUT2D eigenvalue weighted by molar-refractivity contribution is 7.22. The number of piperidine rings is 1. The Labute approximate surface area is 224 Å². The van der Waals surface area contributed by atoms with Crippen LogP contribution < -0.4 is 16.0 Å². The molecule has 188 valence electrons. The van der Waals surface area contributed by atoms with Gasteiger partial charge in [0.2, 0.25) is 5.95 Å². The Morgan fingerprint density at radius 1 is 1.17 bits per heavy atom. The lowest BCUT2D eigenvalue weighted by Gasteiger charge is -2.23. The molecule has 0 atom stereocenters. The second-order valence-electron chi connectivity index (χ2n) is 8.04. The second kappa shape index (κ2) is 12.2. The van der Waals surface area contributed by atoms with Crippen LogP contribution in [0.3, 0.4) is 0 Å². The number of benzene rings is 2. The fourth-order valence-corrected chi connectivity index (χ4v) is 5.19. The molecule has 2 aromatic heterocycles. The van der Waals surface area contributed by atoms with Gasteiger partial charge in [0.1, 0.15) is 0 Å². The quantitative estimate of drug-likeness (QED) is 0.296. The van der Waals surface area contributed by atoms with Gasteiger partial charge in [0.05, 0.1) is 27.9 Å². The number of hydrogen-bond donors (Lipinski definition) is 3. The lowest BCUT2D eigenvalue weighted by molar-refractivity contribution is 0.0929. The number of hydrogen-bond acceptors (Lipinski definition) is 7. The van der Waals surface area contributed by atoms with Crippen molar-refractivity contribution in [3.63, 3.8) is 0 Å². The first kappa shape index (κ1) is 27.4. The summed E-state index contributed by atoms with van der Waals surface area (Å²) in [6, 6.07) is 11.5. The Morgan fingerprint density at radius 2 is 1.97 bits per heavy atom. The average Bonchev–Trinajstić information content (AvgIpc) is 3.37. The smallest absolute Gasteiger partial charge is 0.251 e. The summed E-state index contributed by atoms with van der Waals surface area (Å²) in [5, 5.41) is 11.2. The van der Waals surface area contributed by atoms with E-state index in [1.54, 1.807) is 7.11 Å². The normalized spacial score (nSPS) is 13.9. The average molecular weight is 558 g/mol. The van der Waals surface area contributed by atoms with Gasteiger partial charge in [-0.25, -0.2) is 9.97 Å². The molecule has 1 saturated heterocycles. The zero-order valence-corrected chi connectivity index (χ0v) is 22.3. The number of carbonyl (C=O) groups is 1. The van der Waals surface area contributed by atoms with E-state index in [1.807, 2.05) is 41.0 Å². The third-order valence-electron chi connectivity index (χ3n) is 5.77. The van der Waals surface area contributed by atoms with E-state index in [0.717, 1.165) is 52.3 Å². The van der Waals surface area contributed by atoms with Crippen LogP contribution in [0.25, 0.3) is 21.3 Å². The number of imidazole rings is 1. The number of aromatic nitrogens is 3. The number of ether oxygens (including phenoxy) is 1. The van der Waals surface area contributed by atoms with Gasteiger partial charge in [-0.05, 0) is 62.3 Å². The van der Waals surface area contributed by atoms with Crippen molar-refractivity contribution < 1.29 is 9.53 Å². The molecule has 1 amide bonds. The van der Waals surface area contributed by atoms with Gasteiger partial charge in [0.25, 0.3) is 5.91 Å². The van der Waals surface area contributed by atoms with Crippen LogP contribution in [0.2, 0.25) is 5.02 Å². The standard InChI is InChI=1S/C23H25ClN6O2S.2ClH/c1-32-11-10-30-19-5-2-14(21(31)26-16-6-8-25-9-7-16)12-18(19)27-22(30)29-23-28-17-4-3-15(24)13-20(17)33-23;;/h2-5,12-13,16,25H,6-11H2,1H3,(H,26,31)(H,27,28,29);2*1H. The van der Waals surface area contributed by atoms with Crippen LogP contribution in [0, 0.1) is 0 Å². The number of nitrogens with zero attached hydrogens (tertiary/aromatic N) is 3. The van der Waals surface area contributed by atoms with Crippen LogP contribution in [-0.2, 0) is 11.3 Å². The van der Waals surface area contributed by atoms with Gasteiger partial charge >= 0.3 is 0 Å². The van der Waals surface area contributed by atoms with Crippen molar-refractivity contribution in [1.82, 2.24) is 25.2 Å². The number of anilines is 2. The van der Waals surface area contributed by atoms with Crippen LogP contribution in [-0.4, -0.2) is 53.3 Å². The van der Waals surface area contributed by atoms with Crippen molar-refractivity contribution in [3.05, 3.63) is 47.0 Å². The number of thiazole rings is 1. The van der Waals surface area contributed by atoms with Crippen molar-refractivity contribution >= 4 is 86.0 Å². The highest BCUT2D eigenvalue weighted by atomic mass is 35.5. The molecule has 0 unspecified atom stereocenters. The van der Waals surface area contributed by atoms with Crippen LogP contribution in [0.4, 0.5) is 11.1 Å². The molecule has 1 fully saturated rings. The van der Waals surface area contributed by atoms with E-state index in [-0.39, 0.29) is 36.8 Å². The van der Waals surface area contributed by atoms with Crippen molar-refractivity contribution in [3.8, 4) is 0 Å². The second-order valence-corrected chi connectivity index (χ2v) is 9.50. The van der Waals surface area contributed by atoms with E-state index in [9.17, 15) is 4.79 Å². The minimum absolute atomic E-state index is 0. The SMILES string of the molecule is COCCn1c(Nc2nc3ccc(Cl)cc3s2)nc2cc(C(=O)NC3CCNCC3)ccc21.Cl.Cl. The van der Waals surface area contributed by atoms with Crippen molar-refractivity contribution in [2.45, 2.75) is 25.4 Å². The van der Waals surface area contributed by atoms with E-state index in [2.05, 4.69) is 20.9 Å². The fraction of sp³-hybridized carbons (Fsp3) is 0.348. The van der Waals surface area contributed by atoms with Gasteiger partial charge in [-0.15, -0.1) is 24.8 Å². The molecule has 2 aromatic carbocycles. The molecular formula is C23H27Cl3N6O2S. The Bertz CT molecular complexity index is 1310. The highest BCUT2D eigenvalue weighted by Gasteiger charge is 2.19. The minimum atomic E-state index is -0.0622. The molecule has 0 radical (unpaired) electrons. The molecular weight excluding hydrogens is 531 g/mol. The van der Waals surface area contributed by atoms with Crippen LogP contribution in [0.1, 0.15) is 23.2 Å². The van der Waals surface area contributed by atoms with Gasteiger partial charge < -0.3 is 25.3 Å². The number of methoxy groups -OCH3 is 1. The van der Waals surface area contributed by atoms with Gasteiger partial charge in [-0.1, -0.05) is 22.9 Å². The summed E-state index contributed by atoms with van der Waals surface area (Å²) in [6.45, 7) is 3.02. The molecule has 0 aliphatic carbocycles. The van der Waals surface area contributed by atoms with E-state index in [0.29, 0.717) is 29.7 Å².